The van der Waals surface area contributed by atoms with E-state index in [9.17, 15) is 0 Å². The van der Waals surface area contributed by atoms with Gasteiger partial charge in [-0.25, -0.2) is 9.97 Å². The van der Waals surface area contributed by atoms with Crippen molar-refractivity contribution in [2.24, 2.45) is 7.05 Å². The first-order valence-electron chi connectivity index (χ1n) is 8.37. The second kappa shape index (κ2) is 6.24. The summed E-state index contributed by atoms with van der Waals surface area (Å²) in [4.78, 5) is 11.8. The molecule has 1 aliphatic rings. The predicted molar refractivity (Wildman–Crippen MR) is 94.1 cm³/mol. The van der Waals surface area contributed by atoms with Crippen LogP contribution in [0.2, 0.25) is 0 Å². The highest BCUT2D eigenvalue weighted by Gasteiger charge is 2.27. The van der Waals surface area contributed by atoms with Crippen LogP contribution < -0.4 is 4.74 Å². The number of likely N-dealkylation sites (tertiary alicyclic amines) is 1. The van der Waals surface area contributed by atoms with Crippen molar-refractivity contribution in [3.63, 3.8) is 0 Å². The fraction of sp³-hybridized carbons (Fsp3) is 0.368. The van der Waals surface area contributed by atoms with Crippen LogP contribution in [-0.2, 0) is 13.6 Å². The molecule has 1 atom stereocenters. The monoisotopic (exact) mass is 322 g/mol. The Morgan fingerprint density at radius 1 is 1.21 bits per heavy atom. The molecular formula is C19H22N4O. The van der Waals surface area contributed by atoms with Crippen molar-refractivity contribution in [1.82, 2.24) is 19.4 Å². The van der Waals surface area contributed by atoms with Crippen LogP contribution in [0.3, 0.4) is 0 Å². The fourth-order valence-corrected chi connectivity index (χ4v) is 3.58. The lowest BCUT2D eigenvalue weighted by atomic mass is 10.1. The molecule has 124 valence electrons. The Morgan fingerprint density at radius 3 is 2.79 bits per heavy atom. The van der Waals surface area contributed by atoms with Crippen LogP contribution in [0.25, 0.3) is 11.2 Å². The Bertz CT molecular complexity index is 840. The minimum atomic E-state index is 0.474. The Kier molecular flexibility index (Phi) is 3.94. The van der Waals surface area contributed by atoms with E-state index in [4.69, 9.17) is 9.72 Å². The van der Waals surface area contributed by atoms with Crippen LogP contribution in [0, 0.1) is 0 Å². The number of aryl methyl sites for hydroxylation is 1. The standard InChI is InChI=1S/C19H22N4O/c1-22-18(21-17-4-3-10-20-19(17)22)15-9-11-23(13-15)12-14-5-7-16(24-2)8-6-14/h3-8,10,15H,9,11-13H2,1-2H3/t15-/m0/s1. The van der Waals surface area contributed by atoms with E-state index in [1.54, 1.807) is 7.11 Å². The number of aromatic nitrogens is 3. The average Bonchev–Trinajstić information content (AvgIpc) is 3.21. The minimum Gasteiger partial charge on any atom is -0.497 e. The molecule has 1 aliphatic heterocycles. The maximum Gasteiger partial charge on any atom is 0.159 e. The quantitative estimate of drug-likeness (QED) is 0.741. The molecule has 1 saturated heterocycles. The van der Waals surface area contributed by atoms with Gasteiger partial charge in [0.15, 0.2) is 5.65 Å². The number of ether oxygens (including phenoxy) is 1. The molecule has 0 amide bonds. The van der Waals surface area contributed by atoms with Gasteiger partial charge in [0.2, 0.25) is 0 Å². The maximum atomic E-state index is 5.23. The van der Waals surface area contributed by atoms with Gasteiger partial charge in [0.1, 0.15) is 17.1 Å². The molecule has 0 N–H and O–H groups in total. The molecule has 0 aliphatic carbocycles. The molecule has 1 fully saturated rings. The third-order valence-electron chi connectivity index (χ3n) is 4.87. The zero-order chi connectivity index (χ0) is 16.5. The van der Waals surface area contributed by atoms with Crippen molar-refractivity contribution in [2.75, 3.05) is 20.2 Å². The molecule has 0 spiro atoms. The molecule has 3 heterocycles. The van der Waals surface area contributed by atoms with E-state index in [0.29, 0.717) is 5.92 Å². The number of nitrogens with zero attached hydrogens (tertiary/aromatic N) is 4. The van der Waals surface area contributed by atoms with Gasteiger partial charge in [0.05, 0.1) is 7.11 Å². The average molecular weight is 322 g/mol. The molecule has 5 heteroatoms. The second-order valence-corrected chi connectivity index (χ2v) is 6.44. The molecule has 2 aromatic heterocycles. The third-order valence-corrected chi connectivity index (χ3v) is 4.87. The third kappa shape index (κ3) is 2.76. The number of benzene rings is 1. The van der Waals surface area contributed by atoms with Crippen molar-refractivity contribution >= 4 is 11.2 Å². The van der Waals surface area contributed by atoms with Gasteiger partial charge in [-0.05, 0) is 42.8 Å². The Balaban J connectivity index is 1.48. The molecule has 3 aromatic rings. The van der Waals surface area contributed by atoms with E-state index in [1.165, 1.54) is 5.56 Å². The zero-order valence-electron chi connectivity index (χ0n) is 14.1. The Hall–Kier alpha value is -2.40. The van der Waals surface area contributed by atoms with Crippen LogP contribution in [0.5, 0.6) is 5.75 Å². The summed E-state index contributed by atoms with van der Waals surface area (Å²) >= 11 is 0. The molecular weight excluding hydrogens is 300 g/mol. The maximum absolute atomic E-state index is 5.23. The van der Waals surface area contributed by atoms with Crippen molar-refractivity contribution < 1.29 is 4.74 Å². The van der Waals surface area contributed by atoms with E-state index in [0.717, 1.165) is 48.8 Å². The summed E-state index contributed by atoms with van der Waals surface area (Å²) in [5, 5.41) is 0. The minimum absolute atomic E-state index is 0.474. The summed E-state index contributed by atoms with van der Waals surface area (Å²) in [5.74, 6) is 2.54. The van der Waals surface area contributed by atoms with Gasteiger partial charge in [-0.3, -0.25) is 4.90 Å². The van der Waals surface area contributed by atoms with Crippen molar-refractivity contribution in [3.05, 3.63) is 54.0 Å². The molecule has 24 heavy (non-hydrogen) atoms. The second-order valence-electron chi connectivity index (χ2n) is 6.44. The number of fused-ring (bicyclic) bond motifs is 1. The van der Waals surface area contributed by atoms with E-state index in [2.05, 4.69) is 33.6 Å². The van der Waals surface area contributed by atoms with E-state index < -0.39 is 0 Å². The summed E-state index contributed by atoms with van der Waals surface area (Å²) in [6.07, 6.45) is 2.98. The van der Waals surface area contributed by atoms with Crippen LogP contribution in [-0.4, -0.2) is 39.6 Å². The van der Waals surface area contributed by atoms with Crippen LogP contribution in [0.1, 0.15) is 23.7 Å². The van der Waals surface area contributed by atoms with Gasteiger partial charge in [0.25, 0.3) is 0 Å². The lowest BCUT2D eigenvalue weighted by Gasteiger charge is -2.16. The first-order chi connectivity index (χ1) is 11.7. The molecule has 0 radical (unpaired) electrons. The van der Waals surface area contributed by atoms with Crippen LogP contribution in [0.4, 0.5) is 0 Å². The highest BCUT2D eigenvalue weighted by molar-refractivity contribution is 5.71. The highest BCUT2D eigenvalue weighted by Crippen LogP contribution is 2.29. The summed E-state index contributed by atoms with van der Waals surface area (Å²) in [6.45, 7) is 3.12. The largest absolute Gasteiger partial charge is 0.497 e. The SMILES string of the molecule is COc1ccc(CN2CC[C@H](c3nc4cccnc4n3C)C2)cc1. The smallest absolute Gasteiger partial charge is 0.159 e. The summed E-state index contributed by atoms with van der Waals surface area (Å²) in [5.41, 5.74) is 3.29. The van der Waals surface area contributed by atoms with Crippen molar-refractivity contribution in [3.8, 4) is 5.75 Å². The molecule has 0 saturated carbocycles. The number of methoxy groups -OCH3 is 1. The van der Waals surface area contributed by atoms with Crippen molar-refractivity contribution in [1.29, 1.82) is 0 Å². The number of imidazole rings is 1. The molecule has 0 bridgehead atoms. The Labute approximate surface area is 141 Å². The molecule has 4 rings (SSSR count). The zero-order valence-corrected chi connectivity index (χ0v) is 14.1. The normalized spacial score (nSPS) is 18.3. The number of pyridine rings is 1. The summed E-state index contributed by atoms with van der Waals surface area (Å²) in [6, 6.07) is 12.3. The topological polar surface area (TPSA) is 43.2 Å². The molecule has 1 aromatic carbocycles. The number of hydrogen-bond donors (Lipinski definition) is 0. The van der Waals surface area contributed by atoms with Crippen LogP contribution >= 0.6 is 0 Å². The Morgan fingerprint density at radius 2 is 2.04 bits per heavy atom. The van der Waals surface area contributed by atoms with E-state index in [-0.39, 0.29) is 0 Å². The first-order valence-corrected chi connectivity index (χ1v) is 8.37. The van der Waals surface area contributed by atoms with E-state index in [1.807, 2.05) is 30.5 Å². The van der Waals surface area contributed by atoms with Gasteiger partial charge in [-0.2, -0.15) is 0 Å². The highest BCUT2D eigenvalue weighted by atomic mass is 16.5. The van der Waals surface area contributed by atoms with Gasteiger partial charge >= 0.3 is 0 Å². The van der Waals surface area contributed by atoms with Gasteiger partial charge < -0.3 is 9.30 Å². The van der Waals surface area contributed by atoms with Crippen LogP contribution in [0.15, 0.2) is 42.6 Å². The van der Waals surface area contributed by atoms with Gasteiger partial charge in [0, 0.05) is 32.3 Å². The molecule has 0 unspecified atom stereocenters. The van der Waals surface area contributed by atoms with Gasteiger partial charge in [-0.15, -0.1) is 0 Å². The summed E-state index contributed by atoms with van der Waals surface area (Å²) in [7, 11) is 3.77. The lowest BCUT2D eigenvalue weighted by Crippen LogP contribution is -2.20. The first kappa shape index (κ1) is 15.1. The summed E-state index contributed by atoms with van der Waals surface area (Å²) < 4.78 is 7.38. The van der Waals surface area contributed by atoms with Crippen molar-refractivity contribution in [2.45, 2.75) is 18.9 Å². The fourth-order valence-electron chi connectivity index (χ4n) is 3.58. The van der Waals surface area contributed by atoms with Gasteiger partial charge in [-0.1, -0.05) is 12.1 Å². The molecule has 5 nitrogen and oxygen atoms in total. The number of rotatable bonds is 4. The lowest BCUT2D eigenvalue weighted by molar-refractivity contribution is 0.325. The predicted octanol–water partition coefficient (Wildman–Crippen LogP) is 2.97. The number of hydrogen-bond acceptors (Lipinski definition) is 4. The van der Waals surface area contributed by atoms with E-state index >= 15 is 0 Å².